The lowest BCUT2D eigenvalue weighted by Crippen LogP contribution is -2.29. The van der Waals surface area contributed by atoms with Crippen LogP contribution in [0.15, 0.2) is 36.5 Å². The Morgan fingerprint density at radius 3 is 2.53 bits per heavy atom. The SMILES string of the molecule is Cn1ccc(CNC2Cc3ccccc3C2)n1. The van der Waals surface area contributed by atoms with Crippen LogP contribution in [0.2, 0.25) is 0 Å². The molecule has 17 heavy (non-hydrogen) atoms. The van der Waals surface area contributed by atoms with Crippen LogP contribution in [0.4, 0.5) is 0 Å². The molecular weight excluding hydrogens is 210 g/mol. The molecule has 88 valence electrons. The highest BCUT2D eigenvalue weighted by atomic mass is 15.3. The second-order valence-corrected chi connectivity index (χ2v) is 4.74. The Bertz CT molecular complexity index is 491. The molecule has 3 nitrogen and oxygen atoms in total. The Hall–Kier alpha value is -1.61. The van der Waals surface area contributed by atoms with Crippen LogP contribution in [0, 0.1) is 0 Å². The van der Waals surface area contributed by atoms with E-state index in [0.717, 1.165) is 25.1 Å². The fraction of sp³-hybridized carbons (Fsp3) is 0.357. The second kappa shape index (κ2) is 4.34. The third-order valence-corrected chi connectivity index (χ3v) is 3.39. The Morgan fingerprint density at radius 1 is 1.24 bits per heavy atom. The molecule has 1 aromatic heterocycles. The lowest BCUT2D eigenvalue weighted by atomic mass is 10.1. The summed E-state index contributed by atoms with van der Waals surface area (Å²) in [5.41, 5.74) is 4.10. The van der Waals surface area contributed by atoms with Gasteiger partial charge in [-0.3, -0.25) is 4.68 Å². The van der Waals surface area contributed by atoms with Crippen LogP contribution >= 0.6 is 0 Å². The molecule has 1 aliphatic carbocycles. The summed E-state index contributed by atoms with van der Waals surface area (Å²) in [6, 6.07) is 11.3. The average molecular weight is 227 g/mol. The van der Waals surface area contributed by atoms with Crippen molar-refractivity contribution in [2.24, 2.45) is 7.05 Å². The van der Waals surface area contributed by atoms with Gasteiger partial charge < -0.3 is 5.32 Å². The molecule has 0 unspecified atom stereocenters. The van der Waals surface area contributed by atoms with Crippen molar-refractivity contribution in [3.63, 3.8) is 0 Å². The summed E-state index contributed by atoms with van der Waals surface area (Å²) in [6.45, 7) is 0.861. The first-order valence-corrected chi connectivity index (χ1v) is 6.10. The van der Waals surface area contributed by atoms with Gasteiger partial charge in [0.2, 0.25) is 0 Å². The molecule has 3 rings (SSSR count). The summed E-state index contributed by atoms with van der Waals surface area (Å²) in [5, 5.41) is 7.96. The smallest absolute Gasteiger partial charge is 0.0762 e. The lowest BCUT2D eigenvalue weighted by Gasteiger charge is -2.10. The maximum absolute atomic E-state index is 4.37. The third kappa shape index (κ3) is 2.24. The molecule has 0 bridgehead atoms. The van der Waals surface area contributed by atoms with Gasteiger partial charge in [-0.2, -0.15) is 5.10 Å². The van der Waals surface area contributed by atoms with Crippen molar-refractivity contribution in [1.29, 1.82) is 0 Å². The van der Waals surface area contributed by atoms with Crippen LogP contribution in [0.1, 0.15) is 16.8 Å². The fourth-order valence-corrected chi connectivity index (χ4v) is 2.51. The highest BCUT2D eigenvalue weighted by Crippen LogP contribution is 2.21. The average Bonchev–Trinajstić information content (AvgIpc) is 2.91. The normalized spacial score (nSPS) is 15.1. The summed E-state index contributed by atoms with van der Waals surface area (Å²) in [4.78, 5) is 0. The molecule has 1 aromatic carbocycles. The van der Waals surface area contributed by atoms with Gasteiger partial charge in [0.05, 0.1) is 5.69 Å². The van der Waals surface area contributed by atoms with Crippen molar-refractivity contribution < 1.29 is 0 Å². The van der Waals surface area contributed by atoms with Gasteiger partial charge >= 0.3 is 0 Å². The molecule has 1 aliphatic rings. The van der Waals surface area contributed by atoms with Crippen molar-refractivity contribution in [2.75, 3.05) is 0 Å². The zero-order valence-electron chi connectivity index (χ0n) is 10.1. The predicted octanol–water partition coefficient (Wildman–Crippen LogP) is 1.68. The van der Waals surface area contributed by atoms with Gasteiger partial charge in [0.15, 0.2) is 0 Å². The van der Waals surface area contributed by atoms with Crippen LogP contribution < -0.4 is 5.32 Å². The number of nitrogens with one attached hydrogen (secondary N) is 1. The summed E-state index contributed by atoms with van der Waals surface area (Å²) in [7, 11) is 1.95. The van der Waals surface area contributed by atoms with Crippen LogP contribution in [-0.4, -0.2) is 15.8 Å². The molecule has 0 radical (unpaired) electrons. The quantitative estimate of drug-likeness (QED) is 0.864. The van der Waals surface area contributed by atoms with Crippen LogP contribution in [0.3, 0.4) is 0 Å². The highest BCUT2D eigenvalue weighted by Gasteiger charge is 2.20. The van der Waals surface area contributed by atoms with Crippen LogP contribution in [0.25, 0.3) is 0 Å². The van der Waals surface area contributed by atoms with E-state index >= 15 is 0 Å². The van der Waals surface area contributed by atoms with E-state index in [1.54, 1.807) is 0 Å². The first-order valence-electron chi connectivity index (χ1n) is 6.10. The van der Waals surface area contributed by atoms with Gasteiger partial charge in [0, 0.05) is 25.8 Å². The first-order chi connectivity index (χ1) is 8.31. The third-order valence-electron chi connectivity index (χ3n) is 3.39. The zero-order chi connectivity index (χ0) is 11.7. The largest absolute Gasteiger partial charge is 0.308 e. The number of nitrogens with zero attached hydrogens (tertiary/aromatic N) is 2. The molecule has 0 aliphatic heterocycles. The van der Waals surface area contributed by atoms with Crippen LogP contribution in [0.5, 0.6) is 0 Å². The number of aryl methyl sites for hydroxylation is 1. The standard InChI is InChI=1S/C14H17N3/c1-17-7-6-13(16-17)10-15-14-8-11-4-2-3-5-12(11)9-14/h2-7,14-15H,8-10H2,1H3. The molecule has 0 fully saturated rings. The Kier molecular flexibility index (Phi) is 2.69. The van der Waals surface area contributed by atoms with E-state index in [-0.39, 0.29) is 0 Å². The number of benzene rings is 1. The van der Waals surface area contributed by atoms with Gasteiger partial charge in [-0.25, -0.2) is 0 Å². The van der Waals surface area contributed by atoms with Crippen molar-refractivity contribution in [3.05, 3.63) is 53.3 Å². The van der Waals surface area contributed by atoms with E-state index in [9.17, 15) is 0 Å². The topological polar surface area (TPSA) is 29.9 Å². The van der Waals surface area contributed by atoms with E-state index in [2.05, 4.69) is 40.7 Å². The second-order valence-electron chi connectivity index (χ2n) is 4.74. The van der Waals surface area contributed by atoms with Crippen molar-refractivity contribution >= 4 is 0 Å². The van der Waals surface area contributed by atoms with E-state index in [1.807, 2.05) is 17.9 Å². The van der Waals surface area contributed by atoms with E-state index in [4.69, 9.17) is 0 Å². The summed E-state index contributed by atoms with van der Waals surface area (Å²) >= 11 is 0. The molecule has 2 aromatic rings. The summed E-state index contributed by atoms with van der Waals surface area (Å²) in [6.07, 6.45) is 4.27. The molecule has 1 N–H and O–H groups in total. The van der Waals surface area contributed by atoms with Gasteiger partial charge in [-0.05, 0) is 30.0 Å². The summed E-state index contributed by atoms with van der Waals surface area (Å²) < 4.78 is 1.85. The first kappa shape index (κ1) is 10.5. The Labute approximate surface area is 101 Å². The lowest BCUT2D eigenvalue weighted by molar-refractivity contribution is 0.524. The molecule has 0 amide bonds. The minimum Gasteiger partial charge on any atom is -0.308 e. The van der Waals surface area contributed by atoms with E-state index < -0.39 is 0 Å². The molecule has 0 saturated carbocycles. The maximum Gasteiger partial charge on any atom is 0.0762 e. The maximum atomic E-state index is 4.37. The molecule has 3 heteroatoms. The fourth-order valence-electron chi connectivity index (χ4n) is 2.51. The zero-order valence-corrected chi connectivity index (χ0v) is 10.1. The van der Waals surface area contributed by atoms with E-state index in [1.165, 1.54) is 11.1 Å². The number of hydrogen-bond acceptors (Lipinski definition) is 2. The van der Waals surface area contributed by atoms with Gasteiger partial charge in [-0.1, -0.05) is 24.3 Å². The molecule has 0 atom stereocenters. The van der Waals surface area contributed by atoms with Crippen molar-refractivity contribution in [3.8, 4) is 0 Å². The molecule has 0 spiro atoms. The number of fused-ring (bicyclic) bond motifs is 1. The van der Waals surface area contributed by atoms with Crippen molar-refractivity contribution in [2.45, 2.75) is 25.4 Å². The predicted molar refractivity (Wildman–Crippen MR) is 67.7 cm³/mol. The van der Waals surface area contributed by atoms with Gasteiger partial charge in [0.25, 0.3) is 0 Å². The Balaban J connectivity index is 1.59. The minimum absolute atomic E-state index is 0.564. The summed E-state index contributed by atoms with van der Waals surface area (Å²) in [5.74, 6) is 0. The molecule has 0 saturated heterocycles. The number of aromatic nitrogens is 2. The van der Waals surface area contributed by atoms with Gasteiger partial charge in [0.1, 0.15) is 0 Å². The minimum atomic E-state index is 0.564. The van der Waals surface area contributed by atoms with Gasteiger partial charge in [-0.15, -0.1) is 0 Å². The molecular formula is C14H17N3. The number of rotatable bonds is 3. The van der Waals surface area contributed by atoms with E-state index in [0.29, 0.717) is 6.04 Å². The van der Waals surface area contributed by atoms with Crippen LogP contribution in [-0.2, 0) is 26.4 Å². The molecule has 1 heterocycles. The monoisotopic (exact) mass is 227 g/mol. The number of hydrogen-bond donors (Lipinski definition) is 1. The highest BCUT2D eigenvalue weighted by molar-refractivity contribution is 5.33. The Morgan fingerprint density at radius 2 is 1.94 bits per heavy atom. The van der Waals surface area contributed by atoms with Crippen molar-refractivity contribution in [1.82, 2.24) is 15.1 Å².